The molecule has 1 saturated heterocycles. The van der Waals surface area contributed by atoms with E-state index in [0.717, 1.165) is 36.9 Å². The Morgan fingerprint density at radius 2 is 1.89 bits per heavy atom. The first-order chi connectivity index (χ1) is 17.6. The number of rotatable bonds is 5. The summed E-state index contributed by atoms with van der Waals surface area (Å²) in [6, 6.07) is 7.23. The summed E-state index contributed by atoms with van der Waals surface area (Å²) < 4.78 is 5.53. The van der Waals surface area contributed by atoms with Crippen molar-refractivity contribution in [3.8, 4) is 11.4 Å². The van der Waals surface area contributed by atoms with Crippen molar-refractivity contribution in [3.63, 3.8) is 0 Å². The van der Waals surface area contributed by atoms with Gasteiger partial charge in [0.25, 0.3) is 5.56 Å². The van der Waals surface area contributed by atoms with Gasteiger partial charge in [-0.25, -0.2) is 9.78 Å². The Bertz CT molecular complexity index is 1190. The molecular formula is C28H37ClN4O4. The van der Waals surface area contributed by atoms with E-state index < -0.39 is 5.60 Å². The fourth-order valence-electron chi connectivity index (χ4n) is 5.13. The number of ether oxygens (including phenoxy) is 1. The van der Waals surface area contributed by atoms with Gasteiger partial charge in [0.2, 0.25) is 5.91 Å². The van der Waals surface area contributed by atoms with Gasteiger partial charge in [0.05, 0.1) is 23.7 Å². The van der Waals surface area contributed by atoms with Crippen LogP contribution in [0, 0.1) is 5.92 Å². The molecule has 0 bridgehead atoms. The molecule has 1 aromatic carbocycles. The predicted molar refractivity (Wildman–Crippen MR) is 144 cm³/mol. The van der Waals surface area contributed by atoms with Crippen LogP contribution in [0.4, 0.5) is 4.79 Å². The topological polar surface area (TPSA) is 95.6 Å². The first kappa shape index (κ1) is 27.2. The van der Waals surface area contributed by atoms with Crippen molar-refractivity contribution in [3.05, 3.63) is 50.9 Å². The summed E-state index contributed by atoms with van der Waals surface area (Å²) in [6.45, 7) is 9.30. The Hall–Kier alpha value is -2.87. The molecule has 2 aliphatic heterocycles. The molecule has 200 valence electrons. The molecule has 1 N–H and O–H groups in total. The summed E-state index contributed by atoms with van der Waals surface area (Å²) >= 11 is 6.03. The lowest BCUT2D eigenvalue weighted by molar-refractivity contribution is -0.138. The standard InChI is InChI=1S/C28H37ClN4O4/c1-5-6-8-19-15-33(26(35)20-9-7-14-32(16-20)27(36)37-28(2,3)4)17-22-23(19)30-24(31-25(22)34)18-10-12-21(29)13-11-18/h10-13,19-20H,5-9,14-17H2,1-4H3,(H,30,31,34)/t19?,20-/m1/s1. The number of fused-ring (bicyclic) bond motifs is 1. The average molecular weight is 529 g/mol. The minimum atomic E-state index is -0.587. The van der Waals surface area contributed by atoms with E-state index in [1.807, 2.05) is 32.9 Å². The number of hydrogen-bond acceptors (Lipinski definition) is 5. The molecule has 2 amide bonds. The molecular weight excluding hydrogens is 492 g/mol. The van der Waals surface area contributed by atoms with Gasteiger partial charge in [-0.2, -0.15) is 0 Å². The zero-order valence-corrected chi connectivity index (χ0v) is 22.9. The van der Waals surface area contributed by atoms with Crippen LogP contribution in [0.2, 0.25) is 5.02 Å². The fourth-order valence-corrected chi connectivity index (χ4v) is 5.26. The lowest BCUT2D eigenvalue weighted by atomic mass is 9.89. The molecule has 1 unspecified atom stereocenters. The second-order valence-corrected chi connectivity index (χ2v) is 11.5. The molecule has 3 heterocycles. The molecule has 0 saturated carbocycles. The zero-order valence-electron chi connectivity index (χ0n) is 22.2. The van der Waals surface area contributed by atoms with Crippen molar-refractivity contribution >= 4 is 23.6 Å². The van der Waals surface area contributed by atoms with Gasteiger partial charge < -0.3 is 19.5 Å². The number of nitrogens with zero attached hydrogens (tertiary/aromatic N) is 3. The third-order valence-corrected chi connectivity index (χ3v) is 7.23. The highest BCUT2D eigenvalue weighted by molar-refractivity contribution is 6.30. The second kappa shape index (κ2) is 11.3. The van der Waals surface area contributed by atoms with Crippen molar-refractivity contribution in [1.82, 2.24) is 19.8 Å². The van der Waals surface area contributed by atoms with E-state index in [9.17, 15) is 14.4 Å². The summed E-state index contributed by atoms with van der Waals surface area (Å²) in [7, 11) is 0. The van der Waals surface area contributed by atoms with Gasteiger partial charge in [0.1, 0.15) is 11.4 Å². The largest absolute Gasteiger partial charge is 0.444 e. The molecule has 37 heavy (non-hydrogen) atoms. The summed E-state index contributed by atoms with van der Waals surface area (Å²) in [5.41, 5.74) is 1.33. The number of nitrogens with one attached hydrogen (secondary N) is 1. The number of amides is 2. The van der Waals surface area contributed by atoms with E-state index in [1.165, 1.54) is 0 Å². The molecule has 2 aliphatic rings. The van der Waals surface area contributed by atoms with Crippen molar-refractivity contribution in [2.24, 2.45) is 5.92 Å². The van der Waals surface area contributed by atoms with E-state index in [-0.39, 0.29) is 35.9 Å². The lowest BCUT2D eigenvalue weighted by Gasteiger charge is -2.38. The average Bonchev–Trinajstić information content (AvgIpc) is 2.86. The maximum atomic E-state index is 13.7. The first-order valence-corrected chi connectivity index (χ1v) is 13.6. The van der Waals surface area contributed by atoms with E-state index in [2.05, 4.69) is 11.9 Å². The minimum Gasteiger partial charge on any atom is -0.444 e. The van der Waals surface area contributed by atoms with E-state index in [4.69, 9.17) is 21.3 Å². The third kappa shape index (κ3) is 6.53. The molecule has 4 rings (SSSR count). The van der Waals surface area contributed by atoms with Crippen LogP contribution in [-0.4, -0.2) is 57.0 Å². The summed E-state index contributed by atoms with van der Waals surface area (Å²) in [5.74, 6) is 0.171. The number of halogens is 1. The molecule has 0 radical (unpaired) electrons. The van der Waals surface area contributed by atoms with E-state index in [1.54, 1.807) is 21.9 Å². The zero-order chi connectivity index (χ0) is 26.7. The summed E-state index contributed by atoms with van der Waals surface area (Å²) in [6.07, 6.45) is 3.91. The summed E-state index contributed by atoms with van der Waals surface area (Å²) in [4.78, 5) is 50.7. The number of benzene rings is 1. The molecule has 2 aromatic rings. The number of hydrogen-bond donors (Lipinski definition) is 1. The number of unbranched alkanes of at least 4 members (excludes halogenated alkanes) is 1. The number of H-pyrrole nitrogens is 1. The maximum Gasteiger partial charge on any atom is 0.410 e. The van der Waals surface area contributed by atoms with Gasteiger partial charge in [0, 0.05) is 36.1 Å². The molecule has 1 fully saturated rings. The normalized spacial score (nSPS) is 19.9. The van der Waals surface area contributed by atoms with Crippen molar-refractivity contribution in [2.45, 2.75) is 77.9 Å². The van der Waals surface area contributed by atoms with E-state index >= 15 is 0 Å². The van der Waals surface area contributed by atoms with Gasteiger partial charge in [-0.3, -0.25) is 9.59 Å². The van der Waals surface area contributed by atoms with Gasteiger partial charge in [-0.05, 0) is 64.3 Å². The molecule has 1 aromatic heterocycles. The summed E-state index contributed by atoms with van der Waals surface area (Å²) in [5, 5.41) is 0.618. The highest BCUT2D eigenvalue weighted by Crippen LogP contribution is 2.32. The van der Waals surface area contributed by atoms with Crippen molar-refractivity contribution in [2.75, 3.05) is 19.6 Å². The number of carbonyl (C=O) groups excluding carboxylic acids is 2. The Morgan fingerprint density at radius 1 is 1.16 bits per heavy atom. The molecule has 0 spiro atoms. The van der Waals surface area contributed by atoms with Gasteiger partial charge >= 0.3 is 6.09 Å². The van der Waals surface area contributed by atoms with Crippen LogP contribution in [0.25, 0.3) is 11.4 Å². The lowest BCUT2D eigenvalue weighted by Crippen LogP contribution is -2.50. The Kier molecular flexibility index (Phi) is 8.26. The second-order valence-electron chi connectivity index (χ2n) is 11.1. The van der Waals surface area contributed by atoms with Crippen LogP contribution >= 0.6 is 11.6 Å². The fraction of sp³-hybridized carbons (Fsp3) is 0.571. The van der Waals surface area contributed by atoms with Crippen LogP contribution in [0.5, 0.6) is 0 Å². The van der Waals surface area contributed by atoms with Gasteiger partial charge in [0.15, 0.2) is 0 Å². The monoisotopic (exact) mass is 528 g/mol. The highest BCUT2D eigenvalue weighted by atomic mass is 35.5. The number of likely N-dealkylation sites (tertiary alicyclic amines) is 1. The van der Waals surface area contributed by atoms with Crippen LogP contribution in [-0.2, 0) is 16.1 Å². The Labute approximate surface area is 223 Å². The number of piperidine rings is 1. The number of aromatic nitrogens is 2. The molecule has 9 heteroatoms. The molecule has 0 aliphatic carbocycles. The van der Waals surface area contributed by atoms with Crippen LogP contribution in [0.15, 0.2) is 29.1 Å². The van der Waals surface area contributed by atoms with E-state index in [0.29, 0.717) is 42.5 Å². The third-order valence-electron chi connectivity index (χ3n) is 6.98. The number of aromatic amines is 1. The van der Waals surface area contributed by atoms with Crippen LogP contribution in [0.1, 0.15) is 77.0 Å². The first-order valence-electron chi connectivity index (χ1n) is 13.2. The van der Waals surface area contributed by atoms with Crippen LogP contribution < -0.4 is 5.56 Å². The quantitative estimate of drug-likeness (QED) is 0.564. The SMILES string of the molecule is CCCCC1CN(C(=O)[C@@H]2CCCN(C(=O)OC(C)(C)C)C2)Cc2c1nc(-c1ccc(Cl)cc1)[nH]c2=O. The minimum absolute atomic E-state index is 0.0124. The Morgan fingerprint density at radius 3 is 2.57 bits per heavy atom. The molecule has 2 atom stereocenters. The van der Waals surface area contributed by atoms with Crippen LogP contribution in [0.3, 0.4) is 0 Å². The van der Waals surface area contributed by atoms with Crippen molar-refractivity contribution < 1.29 is 14.3 Å². The predicted octanol–water partition coefficient (Wildman–Crippen LogP) is 5.35. The Balaban J connectivity index is 1.57. The van der Waals surface area contributed by atoms with Gasteiger partial charge in [-0.15, -0.1) is 0 Å². The molecule has 8 nitrogen and oxygen atoms in total. The smallest absolute Gasteiger partial charge is 0.410 e. The van der Waals surface area contributed by atoms with Gasteiger partial charge in [-0.1, -0.05) is 31.4 Å². The maximum absolute atomic E-state index is 13.7. The number of carbonyl (C=O) groups is 2. The van der Waals surface area contributed by atoms with Crippen molar-refractivity contribution in [1.29, 1.82) is 0 Å². The highest BCUT2D eigenvalue weighted by Gasteiger charge is 2.37.